The molecule has 3 nitrogen and oxygen atoms in total. The van der Waals surface area contributed by atoms with Crippen molar-refractivity contribution in [3.63, 3.8) is 0 Å². The van der Waals surface area contributed by atoms with Gasteiger partial charge < -0.3 is 10.3 Å². The highest BCUT2D eigenvalue weighted by atomic mass is 19.4. The summed E-state index contributed by atoms with van der Waals surface area (Å²) in [5, 5.41) is 3.01. The van der Waals surface area contributed by atoms with Crippen molar-refractivity contribution in [2.24, 2.45) is 5.41 Å². The summed E-state index contributed by atoms with van der Waals surface area (Å²) < 4.78 is 38.8. The number of halogens is 3. The molecule has 1 aliphatic rings. The van der Waals surface area contributed by atoms with Crippen LogP contribution >= 0.6 is 0 Å². The normalized spacial score (nSPS) is 16.8. The Morgan fingerprint density at radius 3 is 2.46 bits per heavy atom. The van der Waals surface area contributed by atoms with Gasteiger partial charge >= 0.3 is 6.18 Å². The number of anilines is 2. The van der Waals surface area contributed by atoms with E-state index in [4.69, 9.17) is 0 Å². The van der Waals surface area contributed by atoms with Crippen LogP contribution in [-0.4, -0.2) is 16.9 Å². The Kier molecular flexibility index (Phi) is 3.94. The summed E-state index contributed by atoms with van der Waals surface area (Å²) in [6.45, 7) is 3.89. The zero-order valence-electron chi connectivity index (χ0n) is 13.6. The lowest BCUT2D eigenvalue weighted by Gasteiger charge is -2.28. The summed E-state index contributed by atoms with van der Waals surface area (Å²) in [6.07, 6.45) is -4.57. The Balaban J connectivity index is 2.07. The fraction of sp³-hybridized carbons (Fsp3) is 0.389. The minimum Gasteiger partial charge on any atom is -0.360 e. The quantitative estimate of drug-likeness (QED) is 0.827. The number of hydrogen-bond acceptors (Lipinski definition) is 2. The van der Waals surface area contributed by atoms with Crippen molar-refractivity contribution < 1.29 is 18.0 Å². The second-order valence-corrected chi connectivity index (χ2v) is 7.06. The molecule has 3 rings (SSSR count). The molecular formula is C18H19F3N2O. The first kappa shape index (κ1) is 16.6. The number of carbonyl (C=O) groups excluding carboxylic acids is 1. The highest BCUT2D eigenvalue weighted by molar-refractivity contribution is 6.05. The van der Waals surface area contributed by atoms with Gasteiger partial charge in [0.2, 0.25) is 0 Å². The number of benzene rings is 1. The Morgan fingerprint density at radius 2 is 1.83 bits per heavy atom. The molecule has 2 aromatic rings. The molecule has 0 saturated carbocycles. The summed E-state index contributed by atoms with van der Waals surface area (Å²) >= 11 is 0. The molecule has 2 N–H and O–H groups in total. The third-order valence-electron chi connectivity index (χ3n) is 4.15. The zero-order chi connectivity index (χ0) is 17.5. The average molecular weight is 336 g/mol. The number of ketones is 1. The molecule has 0 bridgehead atoms. The minimum atomic E-state index is -4.35. The molecular weight excluding hydrogens is 317 g/mol. The molecule has 0 radical (unpaired) electrons. The van der Waals surface area contributed by atoms with Gasteiger partial charge in [0.15, 0.2) is 5.78 Å². The number of hydrogen-bond donors (Lipinski definition) is 2. The van der Waals surface area contributed by atoms with Gasteiger partial charge in [-0.25, -0.2) is 0 Å². The van der Waals surface area contributed by atoms with Crippen LogP contribution in [0.25, 0.3) is 0 Å². The summed E-state index contributed by atoms with van der Waals surface area (Å²) in [5.74, 6) is -0.121. The van der Waals surface area contributed by atoms with Gasteiger partial charge in [-0.1, -0.05) is 32.0 Å². The Labute approximate surface area is 138 Å². The van der Waals surface area contributed by atoms with Crippen LogP contribution in [0.15, 0.2) is 30.3 Å². The third-order valence-corrected chi connectivity index (χ3v) is 4.15. The van der Waals surface area contributed by atoms with E-state index in [1.807, 2.05) is 19.9 Å². The Hall–Kier alpha value is -2.24. The number of Topliss-reactive ketones (excluding diaryl/α,β-unsaturated/α-hetero) is 1. The van der Waals surface area contributed by atoms with E-state index in [0.29, 0.717) is 29.8 Å². The molecule has 0 amide bonds. The van der Waals surface area contributed by atoms with Crippen molar-refractivity contribution in [1.29, 1.82) is 0 Å². The summed E-state index contributed by atoms with van der Waals surface area (Å²) in [7, 11) is 0. The van der Waals surface area contributed by atoms with Crippen molar-refractivity contribution in [3.05, 3.63) is 47.3 Å². The minimum absolute atomic E-state index is 0.0161. The fourth-order valence-corrected chi connectivity index (χ4v) is 3.25. The van der Waals surface area contributed by atoms with Gasteiger partial charge in [0.05, 0.1) is 17.7 Å². The van der Waals surface area contributed by atoms with Crippen LogP contribution in [0.3, 0.4) is 0 Å². The monoisotopic (exact) mass is 336 g/mol. The van der Waals surface area contributed by atoms with Gasteiger partial charge in [-0.2, -0.15) is 13.2 Å². The molecule has 1 aromatic heterocycles. The molecule has 24 heavy (non-hydrogen) atoms. The van der Waals surface area contributed by atoms with E-state index in [1.54, 1.807) is 24.3 Å². The van der Waals surface area contributed by atoms with Crippen molar-refractivity contribution in [3.8, 4) is 0 Å². The lowest BCUT2D eigenvalue weighted by molar-refractivity contribution is -0.127. The molecule has 0 unspecified atom stereocenters. The highest BCUT2D eigenvalue weighted by Crippen LogP contribution is 2.41. The molecule has 1 heterocycles. The molecule has 0 aliphatic heterocycles. The maximum atomic E-state index is 12.9. The largest absolute Gasteiger partial charge is 0.394 e. The predicted molar refractivity (Wildman–Crippen MR) is 86.7 cm³/mol. The van der Waals surface area contributed by atoms with Gasteiger partial charge in [0.1, 0.15) is 0 Å². The lowest BCUT2D eigenvalue weighted by Crippen LogP contribution is -2.26. The van der Waals surface area contributed by atoms with E-state index in [2.05, 4.69) is 10.3 Å². The first-order valence-electron chi connectivity index (χ1n) is 7.80. The predicted octanol–water partition coefficient (Wildman–Crippen LogP) is 5.02. The number of fused-ring (bicyclic) bond motifs is 1. The van der Waals surface area contributed by atoms with E-state index < -0.39 is 12.6 Å². The van der Waals surface area contributed by atoms with E-state index in [0.717, 1.165) is 0 Å². The molecule has 0 fully saturated rings. The Morgan fingerprint density at radius 1 is 1.17 bits per heavy atom. The van der Waals surface area contributed by atoms with Gasteiger partial charge in [0.25, 0.3) is 0 Å². The third kappa shape index (κ3) is 3.47. The first-order chi connectivity index (χ1) is 11.1. The van der Waals surface area contributed by atoms with Gasteiger partial charge in [-0.3, -0.25) is 4.79 Å². The molecule has 0 atom stereocenters. The molecule has 128 valence electrons. The van der Waals surface area contributed by atoms with E-state index in [1.165, 1.54) is 0 Å². The molecule has 1 aromatic carbocycles. The van der Waals surface area contributed by atoms with Crippen molar-refractivity contribution >= 4 is 17.2 Å². The van der Waals surface area contributed by atoms with Crippen molar-refractivity contribution in [1.82, 2.24) is 4.98 Å². The number of aromatic amines is 1. The second kappa shape index (κ2) is 5.69. The maximum Gasteiger partial charge on any atom is 0.394 e. The smallest absolute Gasteiger partial charge is 0.360 e. The van der Waals surface area contributed by atoms with Gasteiger partial charge in [0, 0.05) is 23.5 Å². The van der Waals surface area contributed by atoms with Crippen LogP contribution in [0, 0.1) is 5.41 Å². The molecule has 6 heteroatoms. The van der Waals surface area contributed by atoms with Crippen LogP contribution in [-0.2, 0) is 12.8 Å². The number of alkyl halides is 3. The van der Waals surface area contributed by atoms with Crippen molar-refractivity contribution in [2.45, 2.75) is 39.3 Å². The first-order valence-corrected chi connectivity index (χ1v) is 7.80. The highest BCUT2D eigenvalue weighted by Gasteiger charge is 2.38. The topological polar surface area (TPSA) is 44.9 Å². The lowest BCUT2D eigenvalue weighted by atomic mass is 9.76. The summed E-state index contributed by atoms with van der Waals surface area (Å²) in [4.78, 5) is 15.4. The van der Waals surface area contributed by atoms with Crippen LogP contribution in [0.1, 0.15) is 42.0 Å². The van der Waals surface area contributed by atoms with Crippen LogP contribution in [0.2, 0.25) is 0 Å². The summed E-state index contributed by atoms with van der Waals surface area (Å²) in [6, 6.07) is 8.91. The van der Waals surface area contributed by atoms with Gasteiger partial charge in [-0.15, -0.1) is 0 Å². The van der Waals surface area contributed by atoms with E-state index in [9.17, 15) is 18.0 Å². The summed E-state index contributed by atoms with van der Waals surface area (Å²) in [5.41, 5.74) is 1.64. The van der Waals surface area contributed by atoms with E-state index in [-0.39, 0.29) is 22.6 Å². The van der Waals surface area contributed by atoms with Crippen LogP contribution in [0.5, 0.6) is 0 Å². The number of para-hydroxylation sites is 1. The maximum absolute atomic E-state index is 12.9. The number of H-pyrrole nitrogens is 1. The Bertz CT molecular complexity index is 761. The average Bonchev–Trinajstić information content (AvgIpc) is 2.74. The van der Waals surface area contributed by atoms with E-state index >= 15 is 0 Å². The number of nitrogens with one attached hydrogen (secondary N) is 2. The zero-order valence-corrected chi connectivity index (χ0v) is 13.6. The number of aromatic nitrogens is 1. The van der Waals surface area contributed by atoms with Crippen LogP contribution < -0.4 is 5.32 Å². The van der Waals surface area contributed by atoms with Gasteiger partial charge in [-0.05, 0) is 24.0 Å². The molecule has 0 spiro atoms. The van der Waals surface area contributed by atoms with Crippen LogP contribution in [0.4, 0.5) is 24.5 Å². The second-order valence-electron chi connectivity index (χ2n) is 7.06. The van der Waals surface area contributed by atoms with Crippen molar-refractivity contribution in [2.75, 3.05) is 5.32 Å². The SMILES string of the molecule is CC1(C)CC(=O)c2c([nH]c(CC(F)(F)F)c2Nc2ccccc2)C1. The molecule has 1 aliphatic carbocycles. The number of carbonyl (C=O) groups is 1. The molecule has 0 saturated heterocycles. The fourth-order valence-electron chi connectivity index (χ4n) is 3.25. The number of rotatable bonds is 3. The standard InChI is InChI=1S/C18H19F3N2O/c1-17(2)8-12-15(14(24)10-17)16(13(23-12)9-18(19,20)21)22-11-6-4-3-5-7-11/h3-7,22-23H,8-10H2,1-2H3.